The van der Waals surface area contributed by atoms with Crippen LogP contribution in [0, 0.1) is 0 Å². The summed E-state index contributed by atoms with van der Waals surface area (Å²) in [7, 11) is 0. The van der Waals surface area contributed by atoms with Crippen molar-refractivity contribution >= 4 is 33.3 Å². The Hall–Kier alpha value is -0.390. The zero-order chi connectivity index (χ0) is 7.56. The number of hydrogen-bond acceptors (Lipinski definition) is 4. The van der Waals surface area contributed by atoms with Gasteiger partial charge < -0.3 is 5.43 Å². The molecule has 0 radical (unpaired) electrons. The lowest BCUT2D eigenvalue weighted by Gasteiger charge is -1.99. The summed E-state index contributed by atoms with van der Waals surface area (Å²) in [5.41, 5.74) is 2.35. The molecule has 1 heterocycles. The molecule has 0 aliphatic carbocycles. The molecule has 10 heavy (non-hydrogen) atoms. The number of halogens is 2. The Morgan fingerprint density at radius 1 is 1.70 bits per heavy atom. The van der Waals surface area contributed by atoms with Crippen LogP contribution >= 0.6 is 27.5 Å². The van der Waals surface area contributed by atoms with Crippen LogP contribution in [0.15, 0.2) is 10.7 Å². The van der Waals surface area contributed by atoms with Gasteiger partial charge in [-0.3, -0.25) is 0 Å². The van der Waals surface area contributed by atoms with E-state index in [9.17, 15) is 0 Å². The molecule has 0 bridgehead atoms. The monoisotopic (exact) mass is 222 g/mol. The normalized spacial score (nSPS) is 9.50. The summed E-state index contributed by atoms with van der Waals surface area (Å²) in [6.07, 6.45) is 1.52. The van der Waals surface area contributed by atoms with Crippen molar-refractivity contribution in [1.29, 1.82) is 0 Å². The van der Waals surface area contributed by atoms with Crippen LogP contribution in [0.25, 0.3) is 0 Å². The van der Waals surface area contributed by atoms with Crippen molar-refractivity contribution in [2.45, 2.75) is 0 Å². The molecule has 4 nitrogen and oxygen atoms in total. The molecule has 0 saturated heterocycles. The van der Waals surface area contributed by atoms with E-state index in [0.717, 1.165) is 0 Å². The number of nitrogens with two attached hydrogens (primary N) is 1. The van der Waals surface area contributed by atoms with Gasteiger partial charge in [0.1, 0.15) is 0 Å². The number of anilines is 1. The van der Waals surface area contributed by atoms with Crippen molar-refractivity contribution in [2.75, 3.05) is 5.43 Å². The summed E-state index contributed by atoms with van der Waals surface area (Å²) in [6, 6.07) is 0. The first-order chi connectivity index (χ1) is 4.74. The first kappa shape index (κ1) is 7.71. The van der Waals surface area contributed by atoms with Gasteiger partial charge in [-0.05, 0) is 27.5 Å². The largest absolute Gasteiger partial charge is 0.307 e. The number of hydrogen-bond donors (Lipinski definition) is 2. The summed E-state index contributed by atoms with van der Waals surface area (Å²) >= 11 is 8.62. The molecule has 1 rings (SSSR count). The Labute approximate surface area is 70.9 Å². The molecule has 54 valence electrons. The van der Waals surface area contributed by atoms with Crippen LogP contribution in [-0.2, 0) is 0 Å². The average Bonchev–Trinajstić information content (AvgIpc) is 1.94. The molecule has 0 fully saturated rings. The highest BCUT2D eigenvalue weighted by atomic mass is 79.9. The number of nitrogen functional groups attached to an aromatic ring is 1. The number of hydrazine groups is 1. The molecule has 6 heteroatoms. The minimum absolute atomic E-state index is 0.163. The van der Waals surface area contributed by atoms with Crippen molar-refractivity contribution in [2.24, 2.45) is 5.84 Å². The van der Waals surface area contributed by atoms with Crippen molar-refractivity contribution in [3.63, 3.8) is 0 Å². The number of rotatable bonds is 1. The third kappa shape index (κ3) is 1.56. The molecule has 0 saturated carbocycles. The van der Waals surface area contributed by atoms with E-state index in [-0.39, 0.29) is 5.28 Å². The van der Waals surface area contributed by atoms with E-state index in [1.165, 1.54) is 6.20 Å². The maximum Gasteiger partial charge on any atom is 0.224 e. The van der Waals surface area contributed by atoms with Gasteiger partial charge in [0.25, 0.3) is 0 Å². The number of nitrogens with zero attached hydrogens (tertiary/aromatic N) is 2. The lowest BCUT2D eigenvalue weighted by molar-refractivity contribution is 1.12. The van der Waals surface area contributed by atoms with Gasteiger partial charge in [-0.1, -0.05) is 0 Å². The van der Waals surface area contributed by atoms with Crippen molar-refractivity contribution < 1.29 is 0 Å². The second-order valence-electron chi connectivity index (χ2n) is 1.48. The predicted octanol–water partition coefficient (Wildman–Crippen LogP) is 1.18. The van der Waals surface area contributed by atoms with Crippen LogP contribution in [0.2, 0.25) is 5.28 Å². The molecule has 0 aliphatic heterocycles. The lowest BCUT2D eigenvalue weighted by Crippen LogP contribution is -2.09. The average molecular weight is 223 g/mol. The fourth-order valence-electron chi connectivity index (χ4n) is 0.447. The Kier molecular flexibility index (Phi) is 2.42. The summed E-state index contributed by atoms with van der Waals surface area (Å²) in [5, 5.41) is 0.163. The van der Waals surface area contributed by atoms with Gasteiger partial charge in [0.15, 0.2) is 5.82 Å². The second-order valence-corrected chi connectivity index (χ2v) is 2.67. The first-order valence-corrected chi connectivity index (χ1v) is 3.56. The van der Waals surface area contributed by atoms with Gasteiger partial charge in [-0.15, -0.1) is 0 Å². The van der Waals surface area contributed by atoms with Crippen molar-refractivity contribution in [3.05, 3.63) is 16.0 Å². The summed E-state index contributed by atoms with van der Waals surface area (Å²) in [4.78, 5) is 7.46. The lowest BCUT2D eigenvalue weighted by atomic mass is 10.6. The smallest absolute Gasteiger partial charge is 0.224 e. The fraction of sp³-hybridized carbons (Fsp3) is 0. The van der Waals surface area contributed by atoms with Crippen LogP contribution in [0.1, 0.15) is 0 Å². The predicted molar refractivity (Wildman–Crippen MR) is 42.6 cm³/mol. The number of aromatic nitrogens is 2. The minimum Gasteiger partial charge on any atom is -0.307 e. The molecular formula is C4H4BrClN4. The molecule has 0 aliphatic rings. The second kappa shape index (κ2) is 3.14. The van der Waals surface area contributed by atoms with Crippen molar-refractivity contribution in [1.82, 2.24) is 9.97 Å². The Balaban J connectivity index is 3.09. The maximum atomic E-state index is 5.46. The molecule has 0 spiro atoms. The van der Waals surface area contributed by atoms with Gasteiger partial charge in [0.2, 0.25) is 5.28 Å². The molecule has 3 N–H and O–H groups in total. The summed E-state index contributed by atoms with van der Waals surface area (Å²) in [6.45, 7) is 0. The van der Waals surface area contributed by atoms with Crippen LogP contribution in [-0.4, -0.2) is 9.97 Å². The molecular weight excluding hydrogens is 219 g/mol. The summed E-state index contributed by atoms with van der Waals surface area (Å²) < 4.78 is 0.680. The van der Waals surface area contributed by atoms with Gasteiger partial charge >= 0.3 is 0 Å². The number of nitrogens with one attached hydrogen (secondary N) is 1. The van der Waals surface area contributed by atoms with E-state index in [4.69, 9.17) is 17.4 Å². The van der Waals surface area contributed by atoms with Crippen LogP contribution in [0.3, 0.4) is 0 Å². The Bertz CT molecular complexity index is 241. The van der Waals surface area contributed by atoms with E-state index in [1.807, 2.05) is 0 Å². The molecule has 0 aromatic carbocycles. The molecule has 0 unspecified atom stereocenters. The van der Waals surface area contributed by atoms with E-state index in [2.05, 4.69) is 31.3 Å². The van der Waals surface area contributed by atoms with E-state index >= 15 is 0 Å². The highest BCUT2D eigenvalue weighted by Crippen LogP contribution is 2.18. The van der Waals surface area contributed by atoms with Gasteiger partial charge in [-0.25, -0.2) is 10.8 Å². The van der Waals surface area contributed by atoms with Crippen LogP contribution in [0.5, 0.6) is 0 Å². The fourth-order valence-corrected chi connectivity index (χ4v) is 0.886. The van der Waals surface area contributed by atoms with Gasteiger partial charge in [0, 0.05) is 6.20 Å². The maximum absolute atomic E-state index is 5.46. The Morgan fingerprint density at radius 3 is 2.90 bits per heavy atom. The molecule has 1 aromatic rings. The minimum atomic E-state index is 0.163. The van der Waals surface area contributed by atoms with E-state index in [1.54, 1.807) is 0 Å². The third-order valence-electron chi connectivity index (χ3n) is 0.851. The van der Waals surface area contributed by atoms with E-state index < -0.39 is 0 Å². The topological polar surface area (TPSA) is 63.8 Å². The van der Waals surface area contributed by atoms with Crippen LogP contribution < -0.4 is 11.3 Å². The molecule has 0 amide bonds. The summed E-state index contributed by atoms with van der Waals surface area (Å²) in [5.74, 6) is 5.56. The highest BCUT2D eigenvalue weighted by molar-refractivity contribution is 9.10. The van der Waals surface area contributed by atoms with E-state index in [0.29, 0.717) is 10.3 Å². The molecule has 1 aromatic heterocycles. The zero-order valence-corrected chi connectivity index (χ0v) is 7.15. The van der Waals surface area contributed by atoms with Gasteiger partial charge in [0.05, 0.1) is 4.47 Å². The van der Waals surface area contributed by atoms with Crippen molar-refractivity contribution in [3.8, 4) is 0 Å². The Morgan fingerprint density at radius 2 is 2.40 bits per heavy atom. The van der Waals surface area contributed by atoms with Gasteiger partial charge in [-0.2, -0.15) is 4.98 Å². The quantitative estimate of drug-likeness (QED) is 0.426. The zero-order valence-electron chi connectivity index (χ0n) is 4.81. The first-order valence-electron chi connectivity index (χ1n) is 2.38. The van der Waals surface area contributed by atoms with Crippen LogP contribution in [0.4, 0.5) is 5.82 Å². The third-order valence-corrected chi connectivity index (χ3v) is 1.61. The SMILES string of the molecule is NNc1nc(Cl)ncc1Br. The molecule has 0 atom stereocenters. The highest BCUT2D eigenvalue weighted by Gasteiger charge is 1.99. The standard InChI is InChI=1S/C4H4BrClN4/c5-2-1-8-4(6)9-3(2)10-7/h1H,7H2,(H,8,9,10).